The number of nitrogens with two attached hydrogens (primary N) is 1. The molecule has 0 spiro atoms. The highest BCUT2D eigenvalue weighted by Crippen LogP contribution is 2.38. The van der Waals surface area contributed by atoms with Gasteiger partial charge >= 0.3 is 0 Å². The average molecular weight is 439 g/mol. The fraction of sp³-hybridized carbons (Fsp3) is 0.381. The van der Waals surface area contributed by atoms with Gasteiger partial charge in [0.25, 0.3) is 5.91 Å². The molecule has 0 radical (unpaired) electrons. The SMILES string of the molecule is CN[C@]1([C@@H]2C[C@@H](F)CN2C(=O)Cn2nc(C(N)=O)c3cc(-c4ccnnc4)ccc32)CO1. The van der Waals surface area contributed by atoms with Crippen LogP contribution in [-0.4, -0.2) is 74.8 Å². The van der Waals surface area contributed by atoms with Gasteiger partial charge in [0.15, 0.2) is 11.4 Å². The first-order valence-electron chi connectivity index (χ1n) is 10.3. The number of nitrogens with zero attached hydrogens (tertiary/aromatic N) is 5. The first-order chi connectivity index (χ1) is 15.4. The van der Waals surface area contributed by atoms with E-state index in [-0.39, 0.29) is 31.1 Å². The smallest absolute Gasteiger partial charge is 0.269 e. The fourth-order valence-corrected chi connectivity index (χ4v) is 4.43. The molecule has 2 aliphatic heterocycles. The standard InChI is InChI=1S/C21H22FN7O3/c1-24-21(11-32-21)17-7-14(22)9-28(17)18(30)10-29-16-3-2-12(13-4-5-25-26-8-13)6-15(16)19(27-29)20(23)31/h2-6,8,14,17,24H,7,9-11H2,1H3,(H2,23,31)/t14-,17+,21-/m1/s1. The number of likely N-dealkylation sites (N-methyl/N-ethyl adjacent to an activating group) is 1. The van der Waals surface area contributed by atoms with Crippen molar-refractivity contribution in [3.63, 3.8) is 0 Å². The lowest BCUT2D eigenvalue weighted by atomic mass is 10.0. The Hall–Kier alpha value is -3.44. The maximum absolute atomic E-state index is 14.2. The quantitative estimate of drug-likeness (QED) is 0.534. The number of likely N-dealkylation sites (tertiary alicyclic amines) is 1. The summed E-state index contributed by atoms with van der Waals surface area (Å²) in [6.07, 6.45) is 2.27. The molecule has 2 saturated heterocycles. The van der Waals surface area contributed by atoms with Crippen molar-refractivity contribution in [1.29, 1.82) is 0 Å². The maximum atomic E-state index is 14.2. The number of hydrogen-bond donors (Lipinski definition) is 2. The monoisotopic (exact) mass is 439 g/mol. The minimum Gasteiger partial charge on any atom is -0.364 e. The molecule has 3 N–H and O–H groups in total. The Bertz CT molecular complexity index is 1190. The molecule has 1 aromatic carbocycles. The van der Waals surface area contributed by atoms with Crippen LogP contribution in [-0.2, 0) is 16.1 Å². The van der Waals surface area contributed by atoms with Crippen LogP contribution in [0.15, 0.2) is 36.7 Å². The highest BCUT2D eigenvalue weighted by Gasteiger charge is 2.57. The summed E-state index contributed by atoms with van der Waals surface area (Å²) in [4.78, 5) is 26.7. The van der Waals surface area contributed by atoms with Gasteiger partial charge in [0.05, 0.1) is 37.1 Å². The van der Waals surface area contributed by atoms with Gasteiger partial charge in [-0.2, -0.15) is 15.3 Å². The van der Waals surface area contributed by atoms with E-state index < -0.39 is 23.8 Å². The first kappa shape index (κ1) is 20.5. The molecule has 5 rings (SSSR count). The lowest BCUT2D eigenvalue weighted by molar-refractivity contribution is -0.134. The summed E-state index contributed by atoms with van der Waals surface area (Å²) in [6, 6.07) is 6.79. The Morgan fingerprint density at radius 1 is 1.31 bits per heavy atom. The zero-order valence-corrected chi connectivity index (χ0v) is 17.4. The number of nitrogens with one attached hydrogen (secondary N) is 1. The maximum Gasteiger partial charge on any atom is 0.269 e. The van der Waals surface area contributed by atoms with Crippen molar-refractivity contribution in [2.45, 2.75) is 30.9 Å². The number of amides is 2. The highest BCUT2D eigenvalue weighted by atomic mass is 19.1. The van der Waals surface area contributed by atoms with E-state index in [1.54, 1.807) is 37.6 Å². The van der Waals surface area contributed by atoms with Crippen molar-refractivity contribution in [3.8, 4) is 11.1 Å². The summed E-state index contributed by atoms with van der Waals surface area (Å²) in [7, 11) is 1.73. The topological polar surface area (TPSA) is 132 Å². The van der Waals surface area contributed by atoms with Gasteiger partial charge in [-0.3, -0.25) is 19.6 Å². The number of epoxide rings is 1. The molecule has 0 aliphatic carbocycles. The third-order valence-corrected chi connectivity index (χ3v) is 6.17. The van der Waals surface area contributed by atoms with Gasteiger partial charge in [-0.1, -0.05) is 6.07 Å². The van der Waals surface area contributed by atoms with E-state index in [0.29, 0.717) is 17.5 Å². The molecule has 0 saturated carbocycles. The lowest BCUT2D eigenvalue weighted by Crippen LogP contribution is -2.51. The lowest BCUT2D eigenvalue weighted by Gasteiger charge is -2.29. The predicted molar refractivity (Wildman–Crippen MR) is 112 cm³/mol. The second-order valence-corrected chi connectivity index (χ2v) is 8.06. The predicted octanol–water partition coefficient (Wildman–Crippen LogP) is 0.477. The molecule has 2 aromatic heterocycles. The molecule has 0 bridgehead atoms. The van der Waals surface area contributed by atoms with E-state index in [1.807, 2.05) is 6.07 Å². The number of carbonyl (C=O) groups excluding carboxylic acids is 2. The van der Waals surface area contributed by atoms with E-state index in [4.69, 9.17) is 10.5 Å². The molecule has 4 heterocycles. The second-order valence-electron chi connectivity index (χ2n) is 8.06. The Morgan fingerprint density at radius 2 is 2.12 bits per heavy atom. The van der Waals surface area contributed by atoms with Gasteiger partial charge in [0, 0.05) is 17.4 Å². The van der Waals surface area contributed by atoms with E-state index in [0.717, 1.165) is 11.1 Å². The van der Waals surface area contributed by atoms with Crippen molar-refractivity contribution >= 4 is 22.7 Å². The molecule has 3 aromatic rings. The average Bonchev–Trinajstić information content (AvgIpc) is 3.37. The fourth-order valence-electron chi connectivity index (χ4n) is 4.43. The summed E-state index contributed by atoms with van der Waals surface area (Å²) in [6.45, 7) is 0.272. The third kappa shape index (κ3) is 3.39. The number of ether oxygens (including phenoxy) is 1. The molecule has 10 nitrogen and oxygen atoms in total. The van der Waals surface area contributed by atoms with Crippen LogP contribution in [0.1, 0.15) is 16.9 Å². The number of rotatable bonds is 6. The van der Waals surface area contributed by atoms with Crippen LogP contribution in [0, 0.1) is 0 Å². The van der Waals surface area contributed by atoms with Crippen LogP contribution in [0.2, 0.25) is 0 Å². The third-order valence-electron chi connectivity index (χ3n) is 6.17. The summed E-state index contributed by atoms with van der Waals surface area (Å²) in [5.74, 6) is -1.00. The minimum atomic E-state index is -1.12. The van der Waals surface area contributed by atoms with Crippen LogP contribution in [0.25, 0.3) is 22.0 Å². The molecule has 2 aliphatic rings. The van der Waals surface area contributed by atoms with Crippen LogP contribution in [0.3, 0.4) is 0 Å². The number of alkyl halides is 1. The Kier molecular flexibility index (Phi) is 4.86. The van der Waals surface area contributed by atoms with Crippen molar-refractivity contribution in [1.82, 2.24) is 30.2 Å². The first-order valence-corrected chi connectivity index (χ1v) is 10.3. The zero-order chi connectivity index (χ0) is 22.5. The molecule has 11 heteroatoms. The van der Waals surface area contributed by atoms with Crippen molar-refractivity contribution < 1.29 is 18.7 Å². The molecule has 32 heavy (non-hydrogen) atoms. The van der Waals surface area contributed by atoms with Gasteiger partial charge in [-0.25, -0.2) is 4.39 Å². The van der Waals surface area contributed by atoms with E-state index in [9.17, 15) is 14.0 Å². The van der Waals surface area contributed by atoms with Crippen molar-refractivity contribution in [2.24, 2.45) is 5.73 Å². The second kappa shape index (κ2) is 7.61. The summed E-state index contributed by atoms with van der Waals surface area (Å²) >= 11 is 0. The van der Waals surface area contributed by atoms with Crippen LogP contribution < -0.4 is 11.1 Å². The molecular weight excluding hydrogens is 417 g/mol. The number of aromatic nitrogens is 4. The van der Waals surface area contributed by atoms with Gasteiger partial charge in [-0.15, -0.1) is 0 Å². The van der Waals surface area contributed by atoms with Crippen LogP contribution >= 0.6 is 0 Å². The van der Waals surface area contributed by atoms with E-state index >= 15 is 0 Å². The number of primary amides is 1. The molecule has 166 valence electrons. The number of fused-ring (bicyclic) bond motifs is 1. The summed E-state index contributed by atoms with van der Waals surface area (Å²) < 4.78 is 21.2. The number of hydrogen-bond acceptors (Lipinski definition) is 7. The number of benzene rings is 1. The van der Waals surface area contributed by atoms with Crippen molar-refractivity contribution in [2.75, 3.05) is 20.2 Å². The Morgan fingerprint density at radius 3 is 2.78 bits per heavy atom. The summed E-state index contributed by atoms with van der Waals surface area (Å²) in [5.41, 5.74) is 7.12. The van der Waals surface area contributed by atoms with Gasteiger partial charge < -0.3 is 15.4 Å². The minimum absolute atomic E-state index is 0.00262. The van der Waals surface area contributed by atoms with Crippen LogP contribution in [0.5, 0.6) is 0 Å². The Labute approximate surface area is 182 Å². The van der Waals surface area contributed by atoms with Gasteiger partial charge in [0.1, 0.15) is 12.7 Å². The highest BCUT2D eigenvalue weighted by molar-refractivity contribution is 6.05. The van der Waals surface area contributed by atoms with Gasteiger partial charge in [-0.05, 0) is 30.8 Å². The molecule has 2 fully saturated rings. The molecule has 3 atom stereocenters. The van der Waals surface area contributed by atoms with Crippen molar-refractivity contribution in [3.05, 3.63) is 42.4 Å². The Balaban J connectivity index is 1.48. The normalized spacial score (nSPS) is 24.8. The zero-order valence-electron chi connectivity index (χ0n) is 17.4. The summed E-state index contributed by atoms with van der Waals surface area (Å²) in [5, 5.41) is 15.5. The molecular formula is C21H22FN7O3. The van der Waals surface area contributed by atoms with E-state index in [1.165, 1.54) is 9.58 Å². The van der Waals surface area contributed by atoms with Crippen LogP contribution in [0.4, 0.5) is 4.39 Å². The van der Waals surface area contributed by atoms with E-state index in [2.05, 4.69) is 20.6 Å². The van der Waals surface area contributed by atoms with Gasteiger partial charge in [0.2, 0.25) is 5.91 Å². The largest absolute Gasteiger partial charge is 0.364 e. The number of halogens is 1. The molecule has 0 unspecified atom stereocenters. The number of carbonyl (C=O) groups is 2. The molecule has 2 amide bonds.